The Morgan fingerprint density at radius 3 is 1.91 bits per heavy atom. The first-order valence-corrected chi connectivity index (χ1v) is 13.5. The summed E-state index contributed by atoms with van der Waals surface area (Å²) in [6.45, 7) is 3.40. The number of carboxylic acid groups (broad SMARTS) is 1. The molecular weight excluding hydrogens is 584 g/mol. The van der Waals surface area contributed by atoms with E-state index in [1.807, 2.05) is 0 Å². The molecule has 43 heavy (non-hydrogen) atoms. The molecule has 2 fully saturated rings. The zero-order valence-electron chi connectivity index (χ0n) is 24.0. The summed E-state index contributed by atoms with van der Waals surface area (Å²) in [7, 11) is 0. The molecule has 0 aromatic carbocycles. The van der Waals surface area contributed by atoms with Crippen molar-refractivity contribution in [3.8, 4) is 0 Å². The molecular formula is C24H42N4O15. The van der Waals surface area contributed by atoms with E-state index in [0.717, 1.165) is 6.92 Å². The average Bonchev–Trinajstić information content (AvgIpc) is 2.93. The van der Waals surface area contributed by atoms with Crippen LogP contribution in [0.2, 0.25) is 0 Å². The highest BCUT2D eigenvalue weighted by Crippen LogP contribution is 2.30. The number of ether oxygens (including phenoxy) is 4. The number of hydrogen-bond donors (Lipinski definition) is 11. The smallest absolute Gasteiger partial charge is 0.328 e. The van der Waals surface area contributed by atoms with Crippen LogP contribution in [0.3, 0.4) is 0 Å². The molecule has 3 amide bonds. The Bertz CT molecular complexity index is 971. The van der Waals surface area contributed by atoms with E-state index >= 15 is 0 Å². The molecule has 19 heteroatoms. The largest absolute Gasteiger partial charge is 0.480 e. The fourth-order valence-electron chi connectivity index (χ4n) is 4.43. The lowest BCUT2D eigenvalue weighted by molar-refractivity contribution is -0.347. The van der Waals surface area contributed by atoms with Crippen LogP contribution in [0.5, 0.6) is 0 Å². The van der Waals surface area contributed by atoms with Gasteiger partial charge in [-0.3, -0.25) is 14.4 Å². The average molecular weight is 627 g/mol. The van der Waals surface area contributed by atoms with E-state index in [1.165, 1.54) is 20.8 Å². The molecule has 0 radical (unpaired) electrons. The van der Waals surface area contributed by atoms with E-state index in [-0.39, 0.29) is 0 Å². The molecule has 0 saturated carbocycles. The first-order valence-electron chi connectivity index (χ1n) is 13.5. The van der Waals surface area contributed by atoms with Gasteiger partial charge in [0.15, 0.2) is 18.6 Å². The van der Waals surface area contributed by atoms with Crippen molar-refractivity contribution in [2.24, 2.45) is 5.73 Å². The molecule has 0 spiro atoms. The van der Waals surface area contributed by atoms with Crippen LogP contribution in [-0.2, 0) is 38.1 Å². The number of carboxylic acids is 1. The zero-order valence-corrected chi connectivity index (χ0v) is 24.0. The first kappa shape index (κ1) is 36.6. The van der Waals surface area contributed by atoms with Crippen LogP contribution < -0.4 is 21.7 Å². The second-order valence-corrected chi connectivity index (χ2v) is 10.4. The maximum atomic E-state index is 12.6. The molecule has 0 aromatic heterocycles. The number of aliphatic hydroxyl groups excluding tert-OH is 6. The topological polar surface area (TPSA) is 309 Å². The third-order valence-electron chi connectivity index (χ3n) is 6.91. The molecule has 0 bridgehead atoms. The van der Waals surface area contributed by atoms with Gasteiger partial charge in [-0.2, -0.15) is 0 Å². The van der Waals surface area contributed by atoms with Crippen LogP contribution in [0, 0.1) is 0 Å². The monoisotopic (exact) mass is 626 g/mol. The minimum absolute atomic E-state index is 0.661. The maximum absolute atomic E-state index is 12.6. The summed E-state index contributed by atoms with van der Waals surface area (Å²) in [5.41, 5.74) is 5.47. The lowest BCUT2D eigenvalue weighted by Gasteiger charge is -2.48. The van der Waals surface area contributed by atoms with Gasteiger partial charge in [-0.15, -0.1) is 0 Å². The minimum Gasteiger partial charge on any atom is -0.480 e. The quantitative estimate of drug-likeness (QED) is 0.0905. The Morgan fingerprint density at radius 2 is 1.40 bits per heavy atom. The first-order chi connectivity index (χ1) is 20.0. The number of aliphatic hydroxyl groups is 6. The number of aliphatic carboxylic acids is 1. The van der Waals surface area contributed by atoms with Crippen LogP contribution in [-0.4, -0.2) is 158 Å². The van der Waals surface area contributed by atoms with Gasteiger partial charge >= 0.3 is 5.97 Å². The Kier molecular flexibility index (Phi) is 13.6. The highest BCUT2D eigenvalue weighted by molar-refractivity contribution is 5.91. The van der Waals surface area contributed by atoms with E-state index < -0.39 is 122 Å². The van der Waals surface area contributed by atoms with Crippen molar-refractivity contribution in [2.45, 2.75) is 113 Å². The number of carbonyl (C=O) groups is 4. The summed E-state index contributed by atoms with van der Waals surface area (Å²) in [5.74, 6) is -3.81. The summed E-state index contributed by atoms with van der Waals surface area (Å²) in [4.78, 5) is 48.6. The zero-order chi connectivity index (χ0) is 32.8. The van der Waals surface area contributed by atoms with Gasteiger partial charge in [-0.1, -0.05) is 0 Å². The minimum atomic E-state index is -1.90. The van der Waals surface area contributed by atoms with E-state index in [1.54, 1.807) is 0 Å². The molecule has 2 saturated heterocycles. The van der Waals surface area contributed by atoms with Gasteiger partial charge in [-0.25, -0.2) is 4.79 Å². The van der Waals surface area contributed by atoms with Gasteiger partial charge in [0, 0.05) is 6.92 Å². The van der Waals surface area contributed by atoms with Crippen molar-refractivity contribution in [3.63, 3.8) is 0 Å². The highest BCUT2D eigenvalue weighted by atomic mass is 16.7. The van der Waals surface area contributed by atoms with Crippen LogP contribution in [0.1, 0.15) is 27.7 Å². The van der Waals surface area contributed by atoms with Gasteiger partial charge in [-0.05, 0) is 20.8 Å². The van der Waals surface area contributed by atoms with Gasteiger partial charge in [0.1, 0.15) is 54.8 Å². The fourth-order valence-corrected chi connectivity index (χ4v) is 4.43. The van der Waals surface area contributed by atoms with Crippen molar-refractivity contribution in [2.75, 3.05) is 13.2 Å². The number of amides is 3. The molecule has 248 valence electrons. The number of hydrogen-bond acceptors (Lipinski definition) is 15. The molecule has 14 atom stereocenters. The molecule has 0 unspecified atom stereocenters. The Hall–Kier alpha value is -2.56. The van der Waals surface area contributed by atoms with Gasteiger partial charge in [0.05, 0.1) is 25.4 Å². The fraction of sp³-hybridized carbons (Fsp3) is 0.833. The lowest BCUT2D eigenvalue weighted by Crippen LogP contribution is -2.68. The van der Waals surface area contributed by atoms with Gasteiger partial charge < -0.3 is 76.4 Å². The Balaban J connectivity index is 2.31. The predicted molar refractivity (Wildman–Crippen MR) is 139 cm³/mol. The van der Waals surface area contributed by atoms with E-state index in [2.05, 4.69) is 16.0 Å². The number of carbonyl (C=O) groups excluding carboxylic acids is 3. The van der Waals surface area contributed by atoms with E-state index in [0.29, 0.717) is 0 Å². The second kappa shape index (κ2) is 16.0. The van der Waals surface area contributed by atoms with E-state index in [4.69, 9.17) is 24.7 Å². The molecule has 2 aliphatic rings. The SMILES string of the molecule is CC(=O)N[C@H]1[C@@H](O[C@H](C)[C@H](NC(=O)[C@H](C)NC(=O)[C@H](C)N)C(=O)O)O[C@H](CO)[C@H](O)[C@@H]1O[C@@H]1O[C@H](CO)[C@H](O)[C@H](O)[C@H]1O. The standard InChI is InChI=1S/C24H42N4O15/c1-7(25)20(36)26-8(2)21(37)28-13(22(38)39)9(3)40-23-14(27-10(4)31)19(16(33)12(6-30)41-23)43-24-18(35)17(34)15(32)11(5-29)42-24/h7-9,11-19,23-24,29-30,32-35H,5-6,25H2,1-4H3,(H,26,36)(H,27,31)(H,28,37)(H,38,39)/t7-,8-,9+,11+,12+,13-,14+,15-,16-,17-,18+,19+,23-,24-/m0/s1. The molecule has 19 nitrogen and oxygen atoms in total. The molecule has 0 aliphatic carbocycles. The van der Waals surface area contributed by atoms with Gasteiger partial charge in [0.2, 0.25) is 17.7 Å². The third-order valence-corrected chi connectivity index (χ3v) is 6.91. The summed E-state index contributed by atoms with van der Waals surface area (Å²) in [6, 6.07) is -5.33. The lowest BCUT2D eigenvalue weighted by atomic mass is 9.95. The van der Waals surface area contributed by atoms with Crippen molar-refractivity contribution < 1.29 is 73.9 Å². The molecule has 2 aliphatic heterocycles. The predicted octanol–water partition coefficient (Wildman–Crippen LogP) is -6.42. The molecule has 2 heterocycles. The van der Waals surface area contributed by atoms with Crippen molar-refractivity contribution in [3.05, 3.63) is 0 Å². The van der Waals surface area contributed by atoms with Gasteiger partial charge in [0.25, 0.3) is 0 Å². The number of nitrogens with one attached hydrogen (secondary N) is 3. The second-order valence-electron chi connectivity index (χ2n) is 10.4. The Labute approximate surface area is 246 Å². The van der Waals surface area contributed by atoms with Crippen LogP contribution in [0.15, 0.2) is 0 Å². The number of rotatable bonds is 13. The third kappa shape index (κ3) is 9.22. The van der Waals surface area contributed by atoms with Crippen LogP contribution >= 0.6 is 0 Å². The number of nitrogens with two attached hydrogens (primary N) is 1. The molecule has 12 N–H and O–H groups in total. The summed E-state index contributed by atoms with van der Waals surface area (Å²) in [6.07, 6.45) is -16.5. The maximum Gasteiger partial charge on any atom is 0.328 e. The normalized spacial score (nSPS) is 35.6. The summed E-state index contributed by atoms with van der Waals surface area (Å²) < 4.78 is 22.4. The van der Waals surface area contributed by atoms with Crippen molar-refractivity contribution in [1.82, 2.24) is 16.0 Å². The van der Waals surface area contributed by atoms with Crippen LogP contribution in [0.25, 0.3) is 0 Å². The Morgan fingerprint density at radius 1 is 0.837 bits per heavy atom. The highest BCUT2D eigenvalue weighted by Gasteiger charge is 2.52. The molecule has 2 rings (SSSR count). The molecule has 0 aromatic rings. The van der Waals surface area contributed by atoms with Crippen molar-refractivity contribution >= 4 is 23.7 Å². The summed E-state index contributed by atoms with van der Waals surface area (Å²) >= 11 is 0. The summed E-state index contributed by atoms with van der Waals surface area (Å²) in [5, 5.41) is 77.6. The van der Waals surface area contributed by atoms with Crippen LogP contribution in [0.4, 0.5) is 0 Å². The van der Waals surface area contributed by atoms with E-state index in [9.17, 15) is 54.9 Å². The van der Waals surface area contributed by atoms with Crippen molar-refractivity contribution in [1.29, 1.82) is 0 Å².